The molecule has 1 rings (SSSR count). The zero-order valence-electron chi connectivity index (χ0n) is 12.5. The molecule has 0 aliphatic rings. The fourth-order valence-electron chi connectivity index (χ4n) is 2.47. The maximum absolute atomic E-state index is 13.9. The predicted octanol–water partition coefficient (Wildman–Crippen LogP) is 4.14. The summed E-state index contributed by atoms with van der Waals surface area (Å²) < 4.78 is 13.9. The third kappa shape index (κ3) is 3.93. The minimum Gasteiger partial charge on any atom is -0.389 e. The molecule has 1 aromatic carbocycles. The van der Waals surface area contributed by atoms with E-state index in [0.29, 0.717) is 11.5 Å². The van der Waals surface area contributed by atoms with Gasteiger partial charge in [0.15, 0.2) is 0 Å². The quantitative estimate of drug-likeness (QED) is 0.802. The molecule has 0 aliphatic carbocycles. The fraction of sp³-hybridized carbons (Fsp3) is 0.625. The Morgan fingerprint density at radius 3 is 2.32 bits per heavy atom. The third-order valence-corrected chi connectivity index (χ3v) is 3.80. The van der Waals surface area contributed by atoms with Crippen molar-refractivity contribution >= 4 is 5.69 Å². The van der Waals surface area contributed by atoms with E-state index in [4.69, 9.17) is 0 Å². The minimum absolute atomic E-state index is 0.324. The van der Waals surface area contributed by atoms with Gasteiger partial charge >= 0.3 is 0 Å². The van der Waals surface area contributed by atoms with Gasteiger partial charge in [0.1, 0.15) is 5.82 Å². The molecule has 3 heteroatoms. The van der Waals surface area contributed by atoms with Crippen molar-refractivity contribution in [3.63, 3.8) is 0 Å². The van der Waals surface area contributed by atoms with Crippen molar-refractivity contribution in [2.45, 2.75) is 46.6 Å². The molecule has 1 aromatic rings. The molecule has 0 radical (unpaired) electrons. The fourth-order valence-corrected chi connectivity index (χ4v) is 2.47. The van der Waals surface area contributed by atoms with Gasteiger partial charge in [0.25, 0.3) is 0 Å². The average Bonchev–Trinajstić information content (AvgIpc) is 2.39. The highest BCUT2D eigenvalue weighted by molar-refractivity contribution is 5.55. The molecule has 2 nitrogen and oxygen atoms in total. The highest BCUT2D eigenvalue weighted by Gasteiger charge is 2.19. The van der Waals surface area contributed by atoms with Crippen molar-refractivity contribution in [1.29, 1.82) is 0 Å². The number of halogens is 1. The van der Waals surface area contributed by atoms with Crippen molar-refractivity contribution in [3.8, 4) is 0 Å². The summed E-state index contributed by atoms with van der Waals surface area (Å²) in [5.74, 6) is 0.278. The van der Waals surface area contributed by atoms with Crippen LogP contribution in [0.15, 0.2) is 18.2 Å². The van der Waals surface area contributed by atoms with E-state index in [-0.39, 0.29) is 5.82 Å². The molecule has 0 saturated carbocycles. The summed E-state index contributed by atoms with van der Waals surface area (Å²) in [6.07, 6.45) is 1.45. The molecule has 1 N–H and O–H groups in total. The van der Waals surface area contributed by atoms with E-state index < -0.39 is 6.10 Å². The molecule has 0 spiro atoms. The van der Waals surface area contributed by atoms with Gasteiger partial charge in [0, 0.05) is 24.3 Å². The Kier molecular flexibility index (Phi) is 6.29. The number of anilines is 1. The number of aliphatic hydroxyl groups is 1. The molecule has 0 aromatic heterocycles. The lowest BCUT2D eigenvalue weighted by Gasteiger charge is -2.30. The van der Waals surface area contributed by atoms with E-state index in [1.807, 2.05) is 6.07 Å². The summed E-state index contributed by atoms with van der Waals surface area (Å²) in [6.45, 7) is 9.78. The van der Waals surface area contributed by atoms with Gasteiger partial charge < -0.3 is 10.0 Å². The summed E-state index contributed by atoms with van der Waals surface area (Å²) in [7, 11) is 0. The Labute approximate surface area is 116 Å². The van der Waals surface area contributed by atoms with Crippen LogP contribution in [0.25, 0.3) is 0 Å². The molecule has 0 bridgehead atoms. The standard InChI is InChI=1S/C16H26FNO/c1-5-13(6-2)11-18(7-3)15-10-8-9-14(17)16(15)12(4)19/h8-10,12-13,19H,5-7,11H2,1-4H3. The van der Waals surface area contributed by atoms with E-state index in [1.165, 1.54) is 6.07 Å². The summed E-state index contributed by atoms with van der Waals surface area (Å²) in [5.41, 5.74) is 1.24. The van der Waals surface area contributed by atoms with Crippen LogP contribution in [0.4, 0.5) is 10.1 Å². The van der Waals surface area contributed by atoms with Crippen molar-refractivity contribution in [2.75, 3.05) is 18.0 Å². The molecule has 1 unspecified atom stereocenters. The first kappa shape index (κ1) is 16.0. The van der Waals surface area contributed by atoms with Gasteiger partial charge in [-0.1, -0.05) is 32.8 Å². The van der Waals surface area contributed by atoms with Gasteiger partial charge in [-0.15, -0.1) is 0 Å². The van der Waals surface area contributed by atoms with Crippen LogP contribution >= 0.6 is 0 Å². The highest BCUT2D eigenvalue weighted by Crippen LogP contribution is 2.30. The normalized spacial score (nSPS) is 12.8. The Balaban J connectivity index is 3.07. The highest BCUT2D eigenvalue weighted by atomic mass is 19.1. The Morgan fingerprint density at radius 1 is 1.21 bits per heavy atom. The molecule has 0 amide bonds. The molecule has 0 fully saturated rings. The van der Waals surface area contributed by atoms with Crippen molar-refractivity contribution in [3.05, 3.63) is 29.6 Å². The number of rotatable bonds is 7. The van der Waals surface area contributed by atoms with E-state index in [2.05, 4.69) is 25.7 Å². The third-order valence-electron chi connectivity index (χ3n) is 3.80. The summed E-state index contributed by atoms with van der Waals surface area (Å²) in [6, 6.07) is 5.03. The maximum Gasteiger partial charge on any atom is 0.131 e. The second kappa shape index (κ2) is 7.49. The maximum atomic E-state index is 13.9. The van der Waals surface area contributed by atoms with E-state index >= 15 is 0 Å². The first-order valence-corrected chi connectivity index (χ1v) is 7.26. The Bertz CT molecular complexity index is 388. The SMILES string of the molecule is CCC(CC)CN(CC)c1cccc(F)c1C(C)O. The minimum atomic E-state index is -0.785. The first-order chi connectivity index (χ1) is 9.04. The second-order valence-electron chi connectivity index (χ2n) is 5.07. The summed E-state index contributed by atoms with van der Waals surface area (Å²) >= 11 is 0. The molecule has 108 valence electrons. The van der Waals surface area contributed by atoms with E-state index in [0.717, 1.165) is 31.6 Å². The van der Waals surface area contributed by atoms with Crippen molar-refractivity contribution in [1.82, 2.24) is 0 Å². The number of hydrogen-bond acceptors (Lipinski definition) is 2. The largest absolute Gasteiger partial charge is 0.389 e. The molecular weight excluding hydrogens is 241 g/mol. The molecule has 1 atom stereocenters. The van der Waals surface area contributed by atoms with Crippen LogP contribution in [-0.4, -0.2) is 18.2 Å². The van der Waals surface area contributed by atoms with Crippen LogP contribution in [0, 0.1) is 11.7 Å². The zero-order chi connectivity index (χ0) is 14.4. The van der Waals surface area contributed by atoms with Crippen molar-refractivity contribution in [2.24, 2.45) is 5.92 Å². The summed E-state index contributed by atoms with van der Waals surface area (Å²) in [5, 5.41) is 9.81. The number of benzene rings is 1. The molecule has 0 aliphatic heterocycles. The summed E-state index contributed by atoms with van der Waals surface area (Å²) in [4.78, 5) is 2.17. The van der Waals surface area contributed by atoms with Crippen LogP contribution in [0.3, 0.4) is 0 Å². The molecule has 0 saturated heterocycles. The molecule has 0 heterocycles. The monoisotopic (exact) mass is 267 g/mol. The van der Waals surface area contributed by atoms with Gasteiger partial charge in [-0.25, -0.2) is 4.39 Å². The zero-order valence-corrected chi connectivity index (χ0v) is 12.5. The topological polar surface area (TPSA) is 23.5 Å². The van der Waals surface area contributed by atoms with Crippen LogP contribution in [0.2, 0.25) is 0 Å². The number of nitrogens with zero attached hydrogens (tertiary/aromatic N) is 1. The van der Waals surface area contributed by atoms with E-state index in [9.17, 15) is 9.50 Å². The lowest BCUT2D eigenvalue weighted by atomic mass is 10.0. The van der Waals surface area contributed by atoms with Crippen molar-refractivity contribution < 1.29 is 9.50 Å². The van der Waals surface area contributed by atoms with Crippen LogP contribution < -0.4 is 4.90 Å². The first-order valence-electron chi connectivity index (χ1n) is 7.26. The number of hydrogen-bond donors (Lipinski definition) is 1. The van der Waals surface area contributed by atoms with Crippen LogP contribution in [-0.2, 0) is 0 Å². The lowest BCUT2D eigenvalue weighted by Crippen LogP contribution is -2.30. The molecular formula is C16H26FNO. The van der Waals surface area contributed by atoms with Crippen LogP contribution in [0.5, 0.6) is 0 Å². The van der Waals surface area contributed by atoms with Gasteiger partial charge in [0.05, 0.1) is 6.10 Å². The second-order valence-corrected chi connectivity index (χ2v) is 5.07. The smallest absolute Gasteiger partial charge is 0.131 e. The van der Waals surface area contributed by atoms with E-state index in [1.54, 1.807) is 13.0 Å². The van der Waals surface area contributed by atoms with Gasteiger partial charge in [-0.05, 0) is 31.9 Å². The average molecular weight is 267 g/mol. The predicted molar refractivity (Wildman–Crippen MR) is 79.0 cm³/mol. The number of aliphatic hydroxyl groups excluding tert-OH is 1. The Hall–Kier alpha value is -1.09. The lowest BCUT2D eigenvalue weighted by molar-refractivity contribution is 0.194. The van der Waals surface area contributed by atoms with Gasteiger partial charge in [-0.3, -0.25) is 0 Å². The van der Waals surface area contributed by atoms with Gasteiger partial charge in [0.2, 0.25) is 0 Å². The Morgan fingerprint density at radius 2 is 1.84 bits per heavy atom. The molecule has 19 heavy (non-hydrogen) atoms. The van der Waals surface area contributed by atoms with Gasteiger partial charge in [-0.2, -0.15) is 0 Å². The van der Waals surface area contributed by atoms with Crippen LogP contribution in [0.1, 0.15) is 52.2 Å².